The molecule has 0 spiro atoms. The van der Waals surface area contributed by atoms with Gasteiger partial charge in [0.15, 0.2) is 17.1 Å². The van der Waals surface area contributed by atoms with Crippen LogP contribution in [0.5, 0.6) is 11.5 Å². The Balaban J connectivity index is 1.85. The number of benzene rings is 1. The van der Waals surface area contributed by atoms with Gasteiger partial charge in [0.1, 0.15) is 0 Å². The van der Waals surface area contributed by atoms with Crippen LogP contribution in [0.25, 0.3) is 27.3 Å². The van der Waals surface area contributed by atoms with E-state index >= 15 is 0 Å². The summed E-state index contributed by atoms with van der Waals surface area (Å²) in [6.45, 7) is 5.45. The zero-order valence-electron chi connectivity index (χ0n) is 17.0. The third-order valence-corrected chi connectivity index (χ3v) is 5.24. The van der Waals surface area contributed by atoms with Gasteiger partial charge < -0.3 is 14.4 Å². The van der Waals surface area contributed by atoms with Crippen molar-refractivity contribution < 1.29 is 9.47 Å². The first-order valence-corrected chi connectivity index (χ1v) is 9.44. The summed E-state index contributed by atoms with van der Waals surface area (Å²) in [7, 11) is 3.24. The van der Waals surface area contributed by atoms with Gasteiger partial charge >= 0.3 is 0 Å². The molecule has 9 heteroatoms. The van der Waals surface area contributed by atoms with Crippen molar-refractivity contribution in [2.75, 3.05) is 32.2 Å². The van der Waals surface area contributed by atoms with E-state index in [4.69, 9.17) is 25.1 Å². The number of hydrogen-bond donors (Lipinski definition) is 0. The number of imidazole rings is 1. The molecule has 1 aliphatic rings. The molecule has 1 aliphatic heterocycles. The summed E-state index contributed by atoms with van der Waals surface area (Å²) in [5.74, 6) is 1.33. The van der Waals surface area contributed by atoms with Gasteiger partial charge in [-0.3, -0.25) is 0 Å². The monoisotopic (exact) mass is 393 g/mol. The molecule has 29 heavy (non-hydrogen) atoms. The van der Waals surface area contributed by atoms with Crippen molar-refractivity contribution in [2.45, 2.75) is 26.3 Å². The lowest BCUT2D eigenvalue weighted by Crippen LogP contribution is -2.22. The molecule has 1 aromatic carbocycles. The Labute approximate surface area is 168 Å². The number of aromatic nitrogens is 3. The Kier molecular flexibility index (Phi) is 4.90. The molecular weight excluding hydrogens is 370 g/mol. The van der Waals surface area contributed by atoms with Crippen molar-refractivity contribution in [3.05, 3.63) is 46.1 Å². The average Bonchev–Trinajstić information content (AvgIpc) is 3.31. The second kappa shape index (κ2) is 7.52. The van der Waals surface area contributed by atoms with Crippen LogP contribution < -0.4 is 14.4 Å². The number of aryl methyl sites for hydroxylation is 2. The van der Waals surface area contributed by atoms with Gasteiger partial charge in [0, 0.05) is 23.6 Å². The van der Waals surface area contributed by atoms with Gasteiger partial charge in [-0.1, -0.05) is 5.11 Å². The summed E-state index contributed by atoms with van der Waals surface area (Å²) in [5.41, 5.74) is 14.2. The standard InChI is InChI=1S/C20H23N7O2/c1-12-9-16(26-8-7-15(11-26)23-25-21)20-22-13(2)19(27(20)24-12)14-5-6-17(28-3)18(10-14)29-4/h5-6,9-10,15H,7-8,11H2,1-4H3. The SMILES string of the molecule is COc1ccc(-c2c(C)nc3c(N4CCC(N=[N+]=[N-])C4)cc(C)nn23)cc1OC. The summed E-state index contributed by atoms with van der Waals surface area (Å²) in [5, 5.41) is 8.61. The lowest BCUT2D eigenvalue weighted by Gasteiger charge is -2.19. The minimum absolute atomic E-state index is 0.0186. The van der Waals surface area contributed by atoms with Crippen molar-refractivity contribution in [2.24, 2.45) is 5.11 Å². The van der Waals surface area contributed by atoms with E-state index in [0.717, 1.165) is 46.9 Å². The molecule has 150 valence electrons. The van der Waals surface area contributed by atoms with Crippen LogP contribution in [0.1, 0.15) is 17.8 Å². The predicted octanol–water partition coefficient (Wildman–Crippen LogP) is 3.92. The highest BCUT2D eigenvalue weighted by atomic mass is 16.5. The smallest absolute Gasteiger partial charge is 0.178 e. The number of ether oxygens (including phenoxy) is 2. The molecular formula is C20H23N7O2. The number of fused-ring (bicyclic) bond motifs is 1. The summed E-state index contributed by atoms with van der Waals surface area (Å²) >= 11 is 0. The zero-order valence-corrected chi connectivity index (χ0v) is 17.0. The van der Waals surface area contributed by atoms with Crippen molar-refractivity contribution in [1.82, 2.24) is 14.6 Å². The average molecular weight is 393 g/mol. The largest absolute Gasteiger partial charge is 0.493 e. The number of rotatable bonds is 5. The predicted molar refractivity (Wildman–Crippen MR) is 111 cm³/mol. The molecule has 1 atom stereocenters. The van der Waals surface area contributed by atoms with E-state index in [1.807, 2.05) is 42.6 Å². The first kappa shape index (κ1) is 18.9. The number of methoxy groups -OCH3 is 2. The van der Waals surface area contributed by atoms with Crippen molar-refractivity contribution in [3.63, 3.8) is 0 Å². The van der Waals surface area contributed by atoms with Gasteiger partial charge in [0.25, 0.3) is 0 Å². The zero-order chi connectivity index (χ0) is 20.5. The quantitative estimate of drug-likeness (QED) is 0.371. The van der Waals surface area contributed by atoms with E-state index in [9.17, 15) is 0 Å². The highest BCUT2D eigenvalue weighted by molar-refractivity contribution is 5.77. The second-order valence-corrected chi connectivity index (χ2v) is 7.12. The Bertz CT molecular complexity index is 1120. The Morgan fingerprint density at radius 3 is 2.69 bits per heavy atom. The normalized spacial score (nSPS) is 16.1. The van der Waals surface area contributed by atoms with Crippen LogP contribution in [0, 0.1) is 13.8 Å². The number of nitrogens with zero attached hydrogens (tertiary/aromatic N) is 7. The van der Waals surface area contributed by atoms with E-state index in [-0.39, 0.29) is 6.04 Å². The van der Waals surface area contributed by atoms with E-state index in [1.54, 1.807) is 14.2 Å². The molecule has 3 heterocycles. The summed E-state index contributed by atoms with van der Waals surface area (Å²) in [4.78, 5) is 10.0. The van der Waals surface area contributed by atoms with Crippen molar-refractivity contribution in [3.8, 4) is 22.8 Å². The molecule has 9 nitrogen and oxygen atoms in total. The van der Waals surface area contributed by atoms with Gasteiger partial charge in [0.2, 0.25) is 0 Å². The summed E-state index contributed by atoms with van der Waals surface area (Å²) in [6, 6.07) is 7.82. The van der Waals surface area contributed by atoms with Gasteiger partial charge in [-0.2, -0.15) is 5.10 Å². The maximum Gasteiger partial charge on any atom is 0.178 e. The second-order valence-electron chi connectivity index (χ2n) is 7.12. The third-order valence-electron chi connectivity index (χ3n) is 5.24. The molecule has 0 amide bonds. The summed E-state index contributed by atoms with van der Waals surface area (Å²) in [6.07, 6.45) is 0.833. The van der Waals surface area contributed by atoms with Crippen LogP contribution in [0.15, 0.2) is 29.4 Å². The van der Waals surface area contributed by atoms with Crippen molar-refractivity contribution in [1.29, 1.82) is 0 Å². The fourth-order valence-corrected chi connectivity index (χ4v) is 3.91. The lowest BCUT2D eigenvalue weighted by atomic mass is 10.1. The number of azide groups is 1. The van der Waals surface area contributed by atoms with Crippen LogP contribution >= 0.6 is 0 Å². The number of hydrogen-bond acceptors (Lipinski definition) is 6. The molecule has 0 aliphatic carbocycles. The maximum atomic E-state index is 8.74. The van der Waals surface area contributed by atoms with Gasteiger partial charge in [-0.05, 0) is 50.1 Å². The van der Waals surface area contributed by atoms with E-state index in [0.29, 0.717) is 18.0 Å². The van der Waals surface area contributed by atoms with Crippen molar-refractivity contribution >= 4 is 11.3 Å². The molecule has 0 N–H and O–H groups in total. The third kappa shape index (κ3) is 3.30. The van der Waals surface area contributed by atoms with Crippen LogP contribution in [-0.2, 0) is 0 Å². The molecule has 3 aromatic rings. The fourth-order valence-electron chi connectivity index (χ4n) is 3.91. The fraction of sp³-hybridized carbons (Fsp3) is 0.400. The van der Waals surface area contributed by atoms with Gasteiger partial charge in [-0.15, -0.1) is 0 Å². The Morgan fingerprint density at radius 1 is 1.17 bits per heavy atom. The highest BCUT2D eigenvalue weighted by Crippen LogP contribution is 2.35. The first-order valence-electron chi connectivity index (χ1n) is 9.44. The highest BCUT2D eigenvalue weighted by Gasteiger charge is 2.26. The van der Waals surface area contributed by atoms with Crippen LogP contribution in [0.4, 0.5) is 5.69 Å². The van der Waals surface area contributed by atoms with Gasteiger partial charge in [-0.25, -0.2) is 9.50 Å². The molecule has 2 aromatic heterocycles. The molecule has 1 saturated heterocycles. The minimum Gasteiger partial charge on any atom is -0.493 e. The molecule has 1 unspecified atom stereocenters. The van der Waals surface area contributed by atoms with E-state index < -0.39 is 0 Å². The van der Waals surface area contributed by atoms with Crippen LogP contribution in [0.2, 0.25) is 0 Å². The Hall–Kier alpha value is -3.45. The summed E-state index contributed by atoms with van der Waals surface area (Å²) < 4.78 is 12.7. The molecule has 4 rings (SSSR count). The maximum absolute atomic E-state index is 8.74. The minimum atomic E-state index is -0.0186. The lowest BCUT2D eigenvalue weighted by molar-refractivity contribution is 0.355. The van der Waals surface area contributed by atoms with E-state index in [1.165, 1.54) is 0 Å². The Morgan fingerprint density at radius 2 is 1.97 bits per heavy atom. The van der Waals surface area contributed by atoms with E-state index in [2.05, 4.69) is 14.9 Å². The van der Waals surface area contributed by atoms with Gasteiger partial charge in [0.05, 0.1) is 43.0 Å². The number of anilines is 1. The molecule has 0 bridgehead atoms. The van der Waals surface area contributed by atoms with Crippen LogP contribution in [-0.4, -0.2) is 47.9 Å². The first-order chi connectivity index (χ1) is 14.0. The topological polar surface area (TPSA) is 101 Å². The molecule has 0 saturated carbocycles. The molecule has 0 radical (unpaired) electrons. The molecule has 1 fully saturated rings. The van der Waals surface area contributed by atoms with Crippen LogP contribution in [0.3, 0.4) is 0 Å².